The molecule has 0 spiro atoms. The Hall–Kier alpha value is -2.03. The second-order valence-corrected chi connectivity index (χ2v) is 5.56. The van der Waals surface area contributed by atoms with Gasteiger partial charge in [0.1, 0.15) is 11.6 Å². The molecule has 0 saturated heterocycles. The van der Waals surface area contributed by atoms with Crippen LogP contribution in [0.2, 0.25) is 0 Å². The van der Waals surface area contributed by atoms with Gasteiger partial charge in [0.05, 0.1) is 5.69 Å². The van der Waals surface area contributed by atoms with Gasteiger partial charge in [-0.1, -0.05) is 32.9 Å². The lowest BCUT2D eigenvalue weighted by atomic mass is 9.87. The summed E-state index contributed by atoms with van der Waals surface area (Å²) in [7, 11) is 0. The Morgan fingerprint density at radius 3 is 2.21 bits per heavy atom. The number of ether oxygens (including phenoxy) is 1. The molecule has 100 valence electrons. The van der Waals surface area contributed by atoms with E-state index < -0.39 is 0 Å². The third-order valence-corrected chi connectivity index (χ3v) is 2.92. The van der Waals surface area contributed by atoms with Gasteiger partial charge in [0, 0.05) is 6.07 Å². The predicted octanol–water partition coefficient (Wildman–Crippen LogP) is 4.50. The van der Waals surface area contributed by atoms with E-state index in [0.717, 1.165) is 0 Å². The van der Waals surface area contributed by atoms with Crippen molar-refractivity contribution in [3.8, 4) is 11.5 Å². The summed E-state index contributed by atoms with van der Waals surface area (Å²) in [4.78, 5) is 0. The Morgan fingerprint density at radius 1 is 1.00 bits per heavy atom. The van der Waals surface area contributed by atoms with E-state index in [2.05, 4.69) is 20.8 Å². The van der Waals surface area contributed by atoms with Gasteiger partial charge in [0.2, 0.25) is 0 Å². The molecule has 0 aromatic heterocycles. The highest BCUT2D eigenvalue weighted by Gasteiger charge is 2.13. The zero-order chi connectivity index (χ0) is 14.0. The van der Waals surface area contributed by atoms with Crippen LogP contribution in [0.1, 0.15) is 26.3 Å². The lowest BCUT2D eigenvalue weighted by Gasteiger charge is -2.19. The van der Waals surface area contributed by atoms with E-state index in [9.17, 15) is 4.39 Å². The lowest BCUT2D eigenvalue weighted by molar-refractivity contribution is 0.478. The zero-order valence-corrected chi connectivity index (χ0v) is 11.4. The van der Waals surface area contributed by atoms with Crippen LogP contribution in [-0.4, -0.2) is 0 Å². The second kappa shape index (κ2) is 4.92. The van der Waals surface area contributed by atoms with Crippen LogP contribution in [0.25, 0.3) is 0 Å². The molecule has 0 aliphatic heterocycles. The van der Waals surface area contributed by atoms with Gasteiger partial charge in [-0.25, -0.2) is 4.39 Å². The van der Waals surface area contributed by atoms with Crippen LogP contribution >= 0.6 is 0 Å². The van der Waals surface area contributed by atoms with E-state index >= 15 is 0 Å². The second-order valence-electron chi connectivity index (χ2n) is 5.56. The molecule has 2 aromatic rings. The van der Waals surface area contributed by atoms with Crippen molar-refractivity contribution >= 4 is 5.69 Å². The molecule has 2 rings (SSSR count). The van der Waals surface area contributed by atoms with Crippen molar-refractivity contribution in [2.45, 2.75) is 26.2 Å². The number of nitrogens with two attached hydrogens (primary N) is 1. The maximum Gasteiger partial charge on any atom is 0.153 e. The summed E-state index contributed by atoms with van der Waals surface area (Å²) < 4.78 is 18.7. The molecule has 0 saturated carbocycles. The molecule has 0 atom stereocenters. The highest BCUT2D eigenvalue weighted by atomic mass is 19.1. The average molecular weight is 259 g/mol. The summed E-state index contributed by atoms with van der Waals surface area (Å²) in [5.41, 5.74) is 7.47. The maximum absolute atomic E-state index is 13.1. The van der Waals surface area contributed by atoms with E-state index in [1.165, 1.54) is 23.8 Å². The average Bonchev–Trinajstić information content (AvgIpc) is 2.33. The maximum atomic E-state index is 13.1. The fourth-order valence-electron chi connectivity index (χ4n) is 1.75. The Labute approximate surface area is 113 Å². The van der Waals surface area contributed by atoms with Crippen LogP contribution in [0.4, 0.5) is 10.1 Å². The Kier molecular flexibility index (Phi) is 3.47. The molecule has 0 unspecified atom stereocenters. The lowest BCUT2D eigenvalue weighted by Crippen LogP contribution is -2.10. The summed E-state index contributed by atoms with van der Waals surface area (Å²) >= 11 is 0. The minimum atomic E-state index is -0.365. The monoisotopic (exact) mass is 259 g/mol. The summed E-state index contributed by atoms with van der Waals surface area (Å²) in [6.07, 6.45) is 0. The number of benzene rings is 2. The van der Waals surface area contributed by atoms with Crippen molar-refractivity contribution in [1.29, 1.82) is 0 Å². The van der Waals surface area contributed by atoms with Crippen LogP contribution in [0.15, 0.2) is 42.5 Å². The van der Waals surface area contributed by atoms with Crippen LogP contribution in [-0.2, 0) is 5.41 Å². The van der Waals surface area contributed by atoms with Crippen molar-refractivity contribution in [1.82, 2.24) is 0 Å². The smallest absolute Gasteiger partial charge is 0.153 e. The molecule has 19 heavy (non-hydrogen) atoms. The van der Waals surface area contributed by atoms with Gasteiger partial charge >= 0.3 is 0 Å². The minimum absolute atomic E-state index is 0.0937. The number of rotatable bonds is 2. The van der Waals surface area contributed by atoms with Gasteiger partial charge in [-0.3, -0.25) is 0 Å². The van der Waals surface area contributed by atoms with Crippen LogP contribution in [0, 0.1) is 5.82 Å². The molecular weight excluding hydrogens is 241 g/mol. The van der Waals surface area contributed by atoms with Gasteiger partial charge in [0.25, 0.3) is 0 Å². The van der Waals surface area contributed by atoms with Gasteiger partial charge in [0.15, 0.2) is 5.75 Å². The number of hydrogen-bond donors (Lipinski definition) is 1. The van der Waals surface area contributed by atoms with E-state index in [1.807, 2.05) is 24.3 Å². The largest absolute Gasteiger partial charge is 0.455 e. The first-order chi connectivity index (χ1) is 8.86. The molecule has 2 N–H and O–H groups in total. The molecule has 0 fully saturated rings. The Balaban J connectivity index is 2.22. The van der Waals surface area contributed by atoms with Gasteiger partial charge in [-0.15, -0.1) is 0 Å². The fraction of sp³-hybridized carbons (Fsp3) is 0.250. The van der Waals surface area contributed by atoms with Crippen molar-refractivity contribution in [3.63, 3.8) is 0 Å². The molecule has 0 bridgehead atoms. The summed E-state index contributed by atoms with van der Waals surface area (Å²) in [6.45, 7) is 6.44. The Bertz CT molecular complexity index is 570. The third-order valence-electron chi connectivity index (χ3n) is 2.92. The Morgan fingerprint density at radius 2 is 1.63 bits per heavy atom. The predicted molar refractivity (Wildman–Crippen MR) is 76.0 cm³/mol. The highest BCUT2D eigenvalue weighted by Crippen LogP contribution is 2.30. The topological polar surface area (TPSA) is 35.2 Å². The molecule has 0 aliphatic rings. The highest BCUT2D eigenvalue weighted by molar-refractivity contribution is 5.54. The number of halogens is 1. The van der Waals surface area contributed by atoms with Gasteiger partial charge in [-0.2, -0.15) is 0 Å². The third kappa shape index (κ3) is 3.25. The molecule has 0 amide bonds. The molecule has 2 nitrogen and oxygen atoms in total. The SMILES string of the molecule is CC(C)(C)c1ccc(Oc2cc(F)ccc2N)cc1. The fourth-order valence-corrected chi connectivity index (χ4v) is 1.75. The first-order valence-electron chi connectivity index (χ1n) is 6.20. The van der Waals surface area contributed by atoms with Crippen molar-refractivity contribution in [2.75, 3.05) is 5.73 Å². The van der Waals surface area contributed by atoms with Crippen LogP contribution < -0.4 is 10.5 Å². The van der Waals surface area contributed by atoms with Gasteiger partial charge < -0.3 is 10.5 Å². The molecule has 0 heterocycles. The number of anilines is 1. The number of nitrogen functional groups attached to an aromatic ring is 1. The van der Waals surface area contributed by atoms with E-state index in [4.69, 9.17) is 10.5 Å². The molecule has 3 heteroatoms. The first-order valence-corrected chi connectivity index (χ1v) is 6.20. The summed E-state index contributed by atoms with van der Waals surface area (Å²) in [5.74, 6) is 0.615. The number of hydrogen-bond acceptors (Lipinski definition) is 2. The molecular formula is C16H18FNO. The van der Waals surface area contributed by atoms with Crippen molar-refractivity contribution in [2.24, 2.45) is 0 Å². The molecule has 0 aliphatic carbocycles. The minimum Gasteiger partial charge on any atom is -0.455 e. The van der Waals surface area contributed by atoms with Crippen LogP contribution in [0.3, 0.4) is 0 Å². The van der Waals surface area contributed by atoms with Crippen molar-refractivity contribution < 1.29 is 9.13 Å². The van der Waals surface area contributed by atoms with E-state index in [0.29, 0.717) is 17.2 Å². The van der Waals surface area contributed by atoms with Crippen LogP contribution in [0.5, 0.6) is 11.5 Å². The first kappa shape index (κ1) is 13.4. The van der Waals surface area contributed by atoms with Gasteiger partial charge in [-0.05, 0) is 35.2 Å². The summed E-state index contributed by atoms with van der Waals surface area (Å²) in [5, 5.41) is 0. The van der Waals surface area contributed by atoms with E-state index in [1.54, 1.807) is 0 Å². The van der Waals surface area contributed by atoms with Crippen molar-refractivity contribution in [3.05, 3.63) is 53.8 Å². The molecule has 2 aromatic carbocycles. The normalized spacial score (nSPS) is 11.4. The summed E-state index contributed by atoms with van der Waals surface area (Å²) in [6, 6.07) is 11.8. The molecule has 0 radical (unpaired) electrons. The standard InChI is InChI=1S/C16H18FNO/c1-16(2,3)11-4-7-13(8-5-11)19-15-10-12(17)6-9-14(15)18/h4-10H,18H2,1-3H3. The quantitative estimate of drug-likeness (QED) is 0.806. The van der Waals surface area contributed by atoms with E-state index in [-0.39, 0.29) is 11.2 Å². The zero-order valence-electron chi connectivity index (χ0n) is 11.4.